The normalized spacial score (nSPS) is 11.8. The number of hydrogen-bond donors (Lipinski definition) is 3. The fourth-order valence-electron chi connectivity index (χ4n) is 1.62. The van der Waals surface area contributed by atoms with Crippen molar-refractivity contribution < 1.29 is 19.4 Å². The molecule has 0 saturated carbocycles. The molecular weight excluding hydrogens is 320 g/mol. The molecule has 3 N–H and O–H groups in total. The van der Waals surface area contributed by atoms with Crippen LogP contribution in [0.2, 0.25) is 0 Å². The molecule has 0 fully saturated rings. The first kappa shape index (κ1) is 21.5. The smallest absolute Gasteiger partial charge is 0.411 e. The molecule has 0 heterocycles. The second-order valence-electron chi connectivity index (χ2n) is 5.63. The van der Waals surface area contributed by atoms with Crippen LogP contribution >= 0.6 is 12.4 Å². The molecule has 0 aliphatic carbocycles. The summed E-state index contributed by atoms with van der Waals surface area (Å²) in [5.41, 5.74) is 0.625. The van der Waals surface area contributed by atoms with E-state index in [2.05, 4.69) is 10.6 Å². The highest BCUT2D eigenvalue weighted by Crippen LogP contribution is 2.16. The van der Waals surface area contributed by atoms with Crippen LogP contribution in [0.3, 0.4) is 0 Å². The van der Waals surface area contributed by atoms with Gasteiger partial charge in [0.05, 0.1) is 6.10 Å². The number of ether oxygens (including phenoxy) is 2. The van der Waals surface area contributed by atoms with E-state index in [1.54, 1.807) is 38.1 Å². The van der Waals surface area contributed by atoms with Crippen molar-refractivity contribution in [2.24, 2.45) is 0 Å². The van der Waals surface area contributed by atoms with E-state index in [-0.39, 0.29) is 25.1 Å². The molecule has 132 valence electrons. The molecule has 0 saturated heterocycles. The van der Waals surface area contributed by atoms with E-state index in [9.17, 15) is 9.90 Å². The zero-order chi connectivity index (χ0) is 16.5. The Labute approximate surface area is 144 Å². The van der Waals surface area contributed by atoms with Crippen LogP contribution in [-0.2, 0) is 4.74 Å². The zero-order valence-corrected chi connectivity index (χ0v) is 14.9. The van der Waals surface area contributed by atoms with E-state index in [0.717, 1.165) is 0 Å². The highest BCUT2D eigenvalue weighted by molar-refractivity contribution is 5.85. The summed E-state index contributed by atoms with van der Waals surface area (Å²) in [6, 6.07) is 7.22. The van der Waals surface area contributed by atoms with Gasteiger partial charge in [-0.2, -0.15) is 0 Å². The van der Waals surface area contributed by atoms with Crippen molar-refractivity contribution in [1.82, 2.24) is 5.32 Å². The number of benzene rings is 1. The van der Waals surface area contributed by atoms with Crippen molar-refractivity contribution in [3.63, 3.8) is 0 Å². The summed E-state index contributed by atoms with van der Waals surface area (Å²) in [7, 11) is 0. The molecule has 1 unspecified atom stereocenters. The topological polar surface area (TPSA) is 79.8 Å². The molecule has 0 aliphatic heterocycles. The number of anilines is 1. The lowest BCUT2D eigenvalue weighted by Crippen LogP contribution is -2.35. The lowest BCUT2D eigenvalue weighted by Gasteiger charge is -2.15. The minimum atomic E-state index is -0.568. The fraction of sp³-hybridized carbons (Fsp3) is 0.562. The molecule has 0 aromatic heterocycles. The summed E-state index contributed by atoms with van der Waals surface area (Å²) in [6.07, 6.45) is -1.22. The average Bonchev–Trinajstić information content (AvgIpc) is 2.43. The van der Waals surface area contributed by atoms with Gasteiger partial charge >= 0.3 is 6.09 Å². The fourth-order valence-corrected chi connectivity index (χ4v) is 1.62. The van der Waals surface area contributed by atoms with E-state index < -0.39 is 12.2 Å². The highest BCUT2D eigenvalue weighted by atomic mass is 35.5. The second kappa shape index (κ2) is 11.1. The van der Waals surface area contributed by atoms with E-state index in [1.807, 2.05) is 13.8 Å². The molecule has 7 heteroatoms. The Bertz CT molecular complexity index is 452. The second-order valence-corrected chi connectivity index (χ2v) is 5.63. The van der Waals surface area contributed by atoms with Crippen molar-refractivity contribution in [3.05, 3.63) is 24.3 Å². The van der Waals surface area contributed by atoms with Gasteiger partial charge in [0.25, 0.3) is 0 Å². The van der Waals surface area contributed by atoms with Crippen LogP contribution < -0.4 is 15.4 Å². The maximum absolute atomic E-state index is 11.4. The third-order valence-electron chi connectivity index (χ3n) is 2.65. The third-order valence-corrected chi connectivity index (χ3v) is 2.65. The largest absolute Gasteiger partial charge is 0.491 e. The molecule has 6 nitrogen and oxygen atoms in total. The Kier molecular flexibility index (Phi) is 10.4. The van der Waals surface area contributed by atoms with E-state index in [0.29, 0.717) is 24.0 Å². The van der Waals surface area contributed by atoms with Crippen molar-refractivity contribution in [2.75, 3.05) is 18.5 Å². The number of halogens is 1. The first-order valence-corrected chi connectivity index (χ1v) is 7.48. The van der Waals surface area contributed by atoms with Crippen LogP contribution in [-0.4, -0.2) is 42.6 Å². The first-order valence-electron chi connectivity index (χ1n) is 7.48. The molecule has 1 rings (SSSR count). The van der Waals surface area contributed by atoms with Crippen LogP contribution in [0.4, 0.5) is 10.5 Å². The van der Waals surface area contributed by atoms with Crippen molar-refractivity contribution in [2.45, 2.75) is 45.9 Å². The number of rotatable bonds is 8. The van der Waals surface area contributed by atoms with Crippen molar-refractivity contribution in [1.29, 1.82) is 0 Å². The van der Waals surface area contributed by atoms with Gasteiger partial charge in [0.1, 0.15) is 18.5 Å². The Morgan fingerprint density at radius 3 is 2.30 bits per heavy atom. The summed E-state index contributed by atoms with van der Waals surface area (Å²) in [4.78, 5) is 11.4. The molecule has 1 aromatic rings. The maximum atomic E-state index is 11.4. The Balaban J connectivity index is 0.00000484. The molecule has 0 aliphatic rings. The predicted molar refractivity (Wildman–Crippen MR) is 93.6 cm³/mol. The Morgan fingerprint density at radius 2 is 1.78 bits per heavy atom. The van der Waals surface area contributed by atoms with Crippen LogP contribution in [0, 0.1) is 0 Å². The van der Waals surface area contributed by atoms with Gasteiger partial charge in [-0.1, -0.05) is 13.8 Å². The molecule has 1 aromatic carbocycles. The monoisotopic (exact) mass is 346 g/mol. The summed E-state index contributed by atoms with van der Waals surface area (Å²) >= 11 is 0. The van der Waals surface area contributed by atoms with Gasteiger partial charge in [-0.3, -0.25) is 5.32 Å². The lowest BCUT2D eigenvalue weighted by atomic mass is 10.3. The quantitative estimate of drug-likeness (QED) is 0.674. The molecule has 23 heavy (non-hydrogen) atoms. The van der Waals surface area contributed by atoms with Crippen molar-refractivity contribution in [3.8, 4) is 5.75 Å². The van der Waals surface area contributed by atoms with Gasteiger partial charge in [-0.15, -0.1) is 12.4 Å². The summed E-state index contributed by atoms with van der Waals surface area (Å²) < 4.78 is 10.5. The third kappa shape index (κ3) is 9.99. The average molecular weight is 347 g/mol. The van der Waals surface area contributed by atoms with Crippen LogP contribution in [0.1, 0.15) is 27.7 Å². The van der Waals surface area contributed by atoms with Gasteiger partial charge in [0.15, 0.2) is 0 Å². The highest BCUT2D eigenvalue weighted by Gasteiger charge is 2.07. The number of aliphatic hydroxyl groups is 1. The van der Waals surface area contributed by atoms with Gasteiger partial charge in [-0.05, 0) is 38.1 Å². The molecule has 0 bridgehead atoms. The maximum Gasteiger partial charge on any atom is 0.411 e. The van der Waals surface area contributed by atoms with Gasteiger partial charge in [-0.25, -0.2) is 4.79 Å². The van der Waals surface area contributed by atoms with E-state index >= 15 is 0 Å². The standard InChI is InChI=1S/C16H26N2O4.ClH/c1-11(2)17-9-14(19)10-21-15-7-5-13(6-8-15)18-16(20)22-12(3)4;/h5-8,11-12,14,17,19H,9-10H2,1-4H3,(H,18,20);1H. The van der Waals surface area contributed by atoms with Gasteiger partial charge in [0.2, 0.25) is 0 Å². The van der Waals surface area contributed by atoms with Gasteiger partial charge in [0, 0.05) is 18.3 Å². The van der Waals surface area contributed by atoms with Crippen molar-refractivity contribution >= 4 is 24.2 Å². The Hall–Kier alpha value is -1.50. The number of hydrogen-bond acceptors (Lipinski definition) is 5. The molecule has 1 atom stereocenters. The van der Waals surface area contributed by atoms with E-state index in [1.165, 1.54) is 0 Å². The first-order chi connectivity index (χ1) is 10.4. The minimum absolute atomic E-state index is 0. The minimum Gasteiger partial charge on any atom is -0.491 e. The van der Waals surface area contributed by atoms with Crippen LogP contribution in [0.5, 0.6) is 5.75 Å². The number of nitrogens with one attached hydrogen (secondary N) is 2. The SMILES string of the molecule is CC(C)NCC(O)COc1ccc(NC(=O)OC(C)C)cc1.Cl. The summed E-state index contributed by atoms with van der Waals surface area (Å²) in [6.45, 7) is 8.30. The van der Waals surface area contributed by atoms with E-state index in [4.69, 9.17) is 9.47 Å². The molecule has 0 radical (unpaired) electrons. The number of carbonyl (C=O) groups is 1. The van der Waals surface area contributed by atoms with Crippen LogP contribution in [0.25, 0.3) is 0 Å². The van der Waals surface area contributed by atoms with Gasteiger partial charge < -0.3 is 19.9 Å². The molecule has 1 amide bonds. The number of carbonyl (C=O) groups excluding carboxylic acids is 1. The number of aliphatic hydroxyl groups excluding tert-OH is 1. The summed E-state index contributed by atoms with van der Waals surface area (Å²) in [5, 5.41) is 15.5. The lowest BCUT2D eigenvalue weighted by molar-refractivity contribution is 0.104. The summed E-state index contributed by atoms with van der Waals surface area (Å²) in [5.74, 6) is 0.631. The molecule has 0 spiro atoms. The van der Waals surface area contributed by atoms with Crippen LogP contribution in [0.15, 0.2) is 24.3 Å². The Morgan fingerprint density at radius 1 is 1.17 bits per heavy atom. The predicted octanol–water partition coefficient (Wildman–Crippen LogP) is 2.80. The number of amides is 1. The zero-order valence-electron chi connectivity index (χ0n) is 14.0. The molecular formula is C16H27ClN2O4.